The van der Waals surface area contributed by atoms with Gasteiger partial charge in [0.2, 0.25) is 5.75 Å². The molecule has 7 bridgehead atoms. The van der Waals surface area contributed by atoms with Gasteiger partial charge in [-0.15, -0.1) is 11.3 Å². The number of rotatable bonds is 5. The number of fused-ring (bicyclic) bond motifs is 3. The minimum Gasteiger partial charge on any atom is -0.493 e. The summed E-state index contributed by atoms with van der Waals surface area (Å²) >= 11 is 1.42. The van der Waals surface area contributed by atoms with Gasteiger partial charge in [-0.2, -0.15) is 0 Å². The molecule has 10 nitrogen and oxygen atoms in total. The van der Waals surface area contributed by atoms with Crippen molar-refractivity contribution in [1.82, 2.24) is 9.91 Å². The Morgan fingerprint density at radius 3 is 2.24 bits per heavy atom. The molecule has 0 unspecified atom stereocenters. The minimum absolute atomic E-state index is 0.112. The van der Waals surface area contributed by atoms with Crippen LogP contribution in [0.1, 0.15) is 61.6 Å². The first kappa shape index (κ1) is 34.5. The van der Waals surface area contributed by atoms with Gasteiger partial charge in [-0.05, 0) is 115 Å². The Kier molecular flexibility index (Phi) is 8.88. The van der Waals surface area contributed by atoms with Crippen molar-refractivity contribution in [1.29, 1.82) is 0 Å². The van der Waals surface area contributed by atoms with Gasteiger partial charge in [0.1, 0.15) is 5.75 Å². The highest BCUT2D eigenvalue weighted by Crippen LogP contribution is 2.55. The van der Waals surface area contributed by atoms with Crippen LogP contribution in [0.3, 0.4) is 0 Å². The Bertz CT molecular complexity index is 2240. The van der Waals surface area contributed by atoms with E-state index in [0.717, 1.165) is 48.2 Å². The number of hydrogen-bond acceptors (Lipinski definition) is 10. The Hall–Kier alpha value is -5.23. The van der Waals surface area contributed by atoms with E-state index in [2.05, 4.69) is 47.3 Å². The van der Waals surface area contributed by atoms with Gasteiger partial charge in [-0.25, -0.2) is 10.0 Å². The minimum atomic E-state index is -0.301. The third-order valence-corrected chi connectivity index (χ3v) is 12.2. The number of hydrogen-bond donors (Lipinski definition) is 0. The first-order valence-electron chi connectivity index (χ1n) is 18.4. The molecule has 5 aliphatic rings. The molecule has 11 heteroatoms. The van der Waals surface area contributed by atoms with Crippen molar-refractivity contribution in [2.24, 2.45) is 0 Å². The van der Waals surface area contributed by atoms with Crippen molar-refractivity contribution in [3.05, 3.63) is 110 Å². The van der Waals surface area contributed by atoms with Crippen LogP contribution >= 0.6 is 11.3 Å². The zero-order valence-corrected chi connectivity index (χ0v) is 32.0. The fraction of sp³-hybridized carbons (Fsp3) is 0.326. The predicted octanol–water partition coefficient (Wildman–Crippen LogP) is 8.56. The van der Waals surface area contributed by atoms with E-state index in [1.54, 1.807) is 28.4 Å². The average Bonchev–Trinajstić information content (AvgIpc) is 3.74. The summed E-state index contributed by atoms with van der Waals surface area (Å²) in [5, 5.41) is 5.92. The summed E-state index contributed by atoms with van der Waals surface area (Å²) in [7, 11) is 8.80. The number of carbonyl (C=O) groups excluding carboxylic acids is 1. The number of likely N-dealkylation sites (N-methyl/N-ethyl adjacent to an activating group) is 1. The maximum atomic E-state index is 14.6. The van der Waals surface area contributed by atoms with Crippen LogP contribution in [-0.4, -0.2) is 64.4 Å². The summed E-state index contributed by atoms with van der Waals surface area (Å²) in [5.74, 6) is 4.60. The van der Waals surface area contributed by atoms with Crippen molar-refractivity contribution in [2.45, 2.75) is 44.2 Å². The van der Waals surface area contributed by atoms with E-state index in [9.17, 15) is 4.79 Å². The smallest absolute Gasteiger partial charge is 0.282 e. The molecule has 0 N–H and O–H groups in total. The highest BCUT2D eigenvalue weighted by molar-refractivity contribution is 7.12. The van der Waals surface area contributed by atoms with E-state index in [1.165, 1.54) is 28.0 Å². The number of hydrazine groups is 1. The largest absolute Gasteiger partial charge is 0.493 e. The summed E-state index contributed by atoms with van der Waals surface area (Å²) in [5.41, 5.74) is 7.43. The lowest BCUT2D eigenvalue weighted by Crippen LogP contribution is -2.54. The molecular weight excluding hydrogens is 703 g/mol. The number of carbonyl (C=O) groups is 1. The van der Waals surface area contributed by atoms with E-state index in [1.807, 2.05) is 46.8 Å². The zero-order chi connectivity index (χ0) is 37.1. The number of aryl methyl sites for hydroxylation is 1. The maximum Gasteiger partial charge on any atom is 0.282 e. The van der Waals surface area contributed by atoms with Crippen LogP contribution in [0.25, 0.3) is 0 Å². The summed E-state index contributed by atoms with van der Waals surface area (Å²) in [6.45, 7) is 1.54. The SMILES string of the molecule is COc1cc2c3cc1Oc1ccc(cc1)CC[C@H]1c4cc(c(OC)cc4CCN1C)Oc1c(OC)c(OC)cc4c1[C@H](C3)N(CC4)N2C(=O)c1cccs1. The third kappa shape index (κ3) is 5.73. The van der Waals surface area contributed by atoms with Crippen LogP contribution in [0.15, 0.2) is 72.1 Å². The van der Waals surface area contributed by atoms with Crippen LogP contribution in [0.2, 0.25) is 0 Å². The Labute approximate surface area is 319 Å². The van der Waals surface area contributed by atoms with Gasteiger partial charge in [0.25, 0.3) is 5.91 Å². The van der Waals surface area contributed by atoms with Gasteiger partial charge in [-0.3, -0.25) is 9.69 Å². The lowest BCUT2D eigenvalue weighted by molar-refractivity contribution is 0.0800. The van der Waals surface area contributed by atoms with Crippen LogP contribution in [0.5, 0.6) is 46.0 Å². The first-order valence-corrected chi connectivity index (χ1v) is 19.3. The molecule has 5 aromatic rings. The molecule has 0 spiro atoms. The number of nitrogens with zero attached hydrogens (tertiary/aromatic N) is 3. The van der Waals surface area contributed by atoms with Crippen molar-refractivity contribution in [2.75, 3.05) is 53.6 Å². The fourth-order valence-electron chi connectivity index (χ4n) is 8.67. The first-order chi connectivity index (χ1) is 26.4. The zero-order valence-electron chi connectivity index (χ0n) is 31.1. The maximum absolute atomic E-state index is 14.6. The molecule has 0 saturated carbocycles. The number of ether oxygens (including phenoxy) is 6. The summed E-state index contributed by atoms with van der Waals surface area (Å²) in [4.78, 5) is 17.7. The third-order valence-electron chi connectivity index (χ3n) is 11.4. The number of methoxy groups -OCH3 is 4. The van der Waals surface area contributed by atoms with E-state index in [4.69, 9.17) is 28.4 Å². The van der Waals surface area contributed by atoms with Gasteiger partial charge in [0.05, 0.1) is 45.0 Å². The second kappa shape index (κ2) is 13.9. The molecule has 2 atom stereocenters. The molecule has 0 aliphatic carbocycles. The van der Waals surface area contributed by atoms with E-state index in [0.29, 0.717) is 70.3 Å². The lowest BCUT2D eigenvalue weighted by atomic mass is 9.85. The van der Waals surface area contributed by atoms with E-state index >= 15 is 0 Å². The monoisotopic (exact) mass is 745 g/mol. The standard InChI is InChI=1S/C43H43N3O7S/c1-44-16-14-26-20-34(48-2)37-23-30(26)31(44)13-10-25-8-11-29(12-9-25)52-36-22-28-19-33-40-27(21-38(50-4)41(51-5)42(40)53-37)15-17-45(33)46(32(28)24-35(36)49-3)43(47)39-7-6-18-54-39/h6-9,11-12,18,20-24,31,33H,10,13-17,19H2,1-5H3/t31-,33-/m0/s1. The second-order valence-corrected chi connectivity index (χ2v) is 15.2. The molecule has 4 aromatic carbocycles. The molecule has 10 rings (SSSR count). The summed E-state index contributed by atoms with van der Waals surface area (Å²) in [6.07, 6.45) is 3.95. The molecule has 1 aromatic heterocycles. The van der Waals surface area contributed by atoms with Crippen molar-refractivity contribution < 1.29 is 33.2 Å². The predicted molar refractivity (Wildman–Crippen MR) is 208 cm³/mol. The highest BCUT2D eigenvalue weighted by Gasteiger charge is 2.44. The Morgan fingerprint density at radius 1 is 0.759 bits per heavy atom. The van der Waals surface area contributed by atoms with Gasteiger partial charge >= 0.3 is 0 Å². The number of amides is 1. The molecule has 5 aliphatic heterocycles. The van der Waals surface area contributed by atoms with Crippen LogP contribution in [0.4, 0.5) is 5.69 Å². The van der Waals surface area contributed by atoms with Crippen LogP contribution in [-0.2, 0) is 25.7 Å². The highest BCUT2D eigenvalue weighted by atomic mass is 32.1. The van der Waals surface area contributed by atoms with E-state index in [-0.39, 0.29) is 18.0 Å². The second-order valence-electron chi connectivity index (χ2n) is 14.2. The normalized spacial score (nSPS) is 18.9. The number of anilines is 1. The summed E-state index contributed by atoms with van der Waals surface area (Å²) in [6, 6.07) is 22.3. The lowest BCUT2D eigenvalue weighted by Gasteiger charge is -2.48. The molecule has 6 heterocycles. The molecule has 54 heavy (non-hydrogen) atoms. The molecule has 278 valence electrons. The van der Waals surface area contributed by atoms with Crippen LogP contribution < -0.4 is 33.4 Å². The average molecular weight is 746 g/mol. The topological polar surface area (TPSA) is 82.2 Å². The molecule has 0 saturated heterocycles. The van der Waals surface area contributed by atoms with Gasteiger partial charge in [0, 0.05) is 30.8 Å². The summed E-state index contributed by atoms with van der Waals surface area (Å²) < 4.78 is 37.7. The fourth-order valence-corrected chi connectivity index (χ4v) is 9.32. The van der Waals surface area contributed by atoms with Gasteiger partial charge in [0.15, 0.2) is 34.5 Å². The van der Waals surface area contributed by atoms with Gasteiger partial charge < -0.3 is 28.4 Å². The van der Waals surface area contributed by atoms with Gasteiger partial charge in [-0.1, -0.05) is 18.2 Å². The molecule has 0 radical (unpaired) electrons. The van der Waals surface area contributed by atoms with Crippen molar-refractivity contribution in [3.8, 4) is 46.0 Å². The van der Waals surface area contributed by atoms with Crippen LogP contribution in [0, 0.1) is 0 Å². The molecule has 1 amide bonds. The number of benzene rings is 4. The van der Waals surface area contributed by atoms with E-state index < -0.39 is 0 Å². The van der Waals surface area contributed by atoms with Crippen molar-refractivity contribution >= 4 is 22.9 Å². The quantitative estimate of drug-likeness (QED) is 0.176. The number of thiophene rings is 1. The Balaban J connectivity index is 1.30. The molecular formula is C43H43N3O7S. The Morgan fingerprint density at radius 2 is 1.50 bits per heavy atom. The van der Waals surface area contributed by atoms with Crippen molar-refractivity contribution in [3.63, 3.8) is 0 Å². The molecule has 0 fully saturated rings.